The van der Waals surface area contributed by atoms with Gasteiger partial charge in [0.25, 0.3) is 0 Å². The van der Waals surface area contributed by atoms with E-state index in [2.05, 4.69) is 172 Å². The Hall–Kier alpha value is -5.72. The molecule has 10 rings (SSSR count). The quantitative estimate of drug-likeness (QED) is 0.138. The van der Waals surface area contributed by atoms with E-state index >= 15 is 0 Å². The lowest BCUT2D eigenvalue weighted by Gasteiger charge is -2.24. The van der Waals surface area contributed by atoms with Gasteiger partial charge in [0.05, 0.1) is 0 Å². The van der Waals surface area contributed by atoms with Gasteiger partial charge in [0.15, 0.2) is 0 Å². The average molecular weight is 597 g/mol. The minimum absolute atomic E-state index is 0.114. The molecule has 0 saturated heterocycles. The number of fused-ring (bicyclic) bond motifs is 11. The summed E-state index contributed by atoms with van der Waals surface area (Å²) in [6.07, 6.45) is 0. The molecule has 0 spiro atoms. The molecule has 0 aromatic heterocycles. The first kappa shape index (κ1) is 26.5. The van der Waals surface area contributed by atoms with Gasteiger partial charge in [-0.2, -0.15) is 0 Å². The van der Waals surface area contributed by atoms with E-state index in [0.29, 0.717) is 0 Å². The smallest absolute Gasteiger partial charge is 0.0165 e. The summed E-state index contributed by atoms with van der Waals surface area (Å²) in [6, 6.07) is 58.8. The fraction of sp³-hybridized carbons (Fsp3) is 0.0638. The lowest BCUT2D eigenvalue weighted by molar-refractivity contribution is 0.666. The molecule has 0 bridgehead atoms. The third-order valence-corrected chi connectivity index (χ3v) is 10.8. The van der Waals surface area contributed by atoms with E-state index in [4.69, 9.17) is 0 Å². The van der Waals surface area contributed by atoms with Crippen LogP contribution >= 0.6 is 0 Å². The van der Waals surface area contributed by atoms with Gasteiger partial charge < -0.3 is 0 Å². The summed E-state index contributed by atoms with van der Waals surface area (Å²) in [4.78, 5) is 0. The van der Waals surface area contributed by atoms with Gasteiger partial charge in [-0.15, -0.1) is 0 Å². The molecule has 0 aliphatic heterocycles. The molecule has 9 aromatic rings. The van der Waals surface area contributed by atoms with Crippen molar-refractivity contribution in [2.45, 2.75) is 19.3 Å². The summed E-state index contributed by atoms with van der Waals surface area (Å²) in [5, 5.41) is 13.0. The first-order chi connectivity index (χ1) is 23.1. The maximum atomic E-state index is 2.49. The summed E-state index contributed by atoms with van der Waals surface area (Å²) >= 11 is 0. The van der Waals surface area contributed by atoms with Gasteiger partial charge in [-0.1, -0.05) is 159 Å². The molecular weight excluding hydrogens is 565 g/mol. The Kier molecular flexibility index (Phi) is 5.44. The largest absolute Gasteiger partial charge is 0.0616 e. The highest BCUT2D eigenvalue weighted by atomic mass is 14.4. The van der Waals surface area contributed by atoms with Crippen LogP contribution in [0.5, 0.6) is 0 Å². The van der Waals surface area contributed by atoms with Crippen molar-refractivity contribution >= 4 is 53.9 Å². The highest BCUT2D eigenvalue weighted by Gasteiger charge is 2.38. The van der Waals surface area contributed by atoms with E-state index in [-0.39, 0.29) is 5.41 Å². The van der Waals surface area contributed by atoms with E-state index in [9.17, 15) is 0 Å². The monoisotopic (exact) mass is 596 g/mol. The second-order valence-electron chi connectivity index (χ2n) is 13.6. The average Bonchev–Trinajstić information content (AvgIpc) is 3.36. The standard InChI is InChI=1S/C47H32/c1-47(2)42-26-25-32(28-41(42)45-35-17-7-5-15-33(35)34-16-6-12-22-40(34)46(45)47)44-38-20-10-8-18-36(38)43(37-19-9-11-21-39(37)44)31-24-23-29-13-3-4-14-30(29)27-31/h3-28H,1-2H3. The molecular formula is C47H32. The molecule has 0 atom stereocenters. The molecule has 0 unspecified atom stereocenters. The molecule has 0 amide bonds. The maximum Gasteiger partial charge on any atom is 0.0165 e. The molecule has 9 aromatic carbocycles. The van der Waals surface area contributed by atoms with Crippen LogP contribution in [-0.2, 0) is 5.41 Å². The van der Waals surface area contributed by atoms with Crippen LogP contribution < -0.4 is 0 Å². The zero-order chi connectivity index (χ0) is 31.3. The van der Waals surface area contributed by atoms with Gasteiger partial charge in [0.2, 0.25) is 0 Å². The van der Waals surface area contributed by atoms with Crippen molar-refractivity contribution in [1.82, 2.24) is 0 Å². The van der Waals surface area contributed by atoms with Crippen LogP contribution in [0.25, 0.3) is 87.2 Å². The molecule has 0 nitrogen and oxygen atoms in total. The number of hydrogen-bond donors (Lipinski definition) is 0. The van der Waals surface area contributed by atoms with Crippen molar-refractivity contribution in [3.05, 3.63) is 169 Å². The van der Waals surface area contributed by atoms with Crippen molar-refractivity contribution in [2.75, 3.05) is 0 Å². The fourth-order valence-corrected chi connectivity index (χ4v) is 8.75. The van der Waals surface area contributed by atoms with Crippen molar-refractivity contribution in [3.8, 4) is 33.4 Å². The second kappa shape index (κ2) is 9.64. The SMILES string of the molecule is CC1(C)c2ccc(-c3c4ccccc4c(-c4ccc5ccccc5c4)c4ccccc34)cc2-c2c1c1ccccc1c1ccccc21. The zero-order valence-corrected chi connectivity index (χ0v) is 26.5. The van der Waals surface area contributed by atoms with Crippen molar-refractivity contribution < 1.29 is 0 Å². The van der Waals surface area contributed by atoms with Crippen LogP contribution in [0, 0.1) is 0 Å². The Morgan fingerprint density at radius 2 is 0.766 bits per heavy atom. The van der Waals surface area contributed by atoms with Gasteiger partial charge in [0, 0.05) is 5.41 Å². The molecule has 0 heteroatoms. The predicted molar refractivity (Wildman–Crippen MR) is 202 cm³/mol. The Bertz CT molecular complexity index is 2700. The number of benzene rings is 9. The van der Waals surface area contributed by atoms with E-state index in [1.807, 2.05) is 0 Å². The maximum absolute atomic E-state index is 2.49. The lowest BCUT2D eigenvalue weighted by Crippen LogP contribution is -2.15. The van der Waals surface area contributed by atoms with Gasteiger partial charge >= 0.3 is 0 Å². The van der Waals surface area contributed by atoms with Gasteiger partial charge in [0.1, 0.15) is 0 Å². The Morgan fingerprint density at radius 1 is 0.340 bits per heavy atom. The van der Waals surface area contributed by atoms with Crippen LogP contribution in [0.3, 0.4) is 0 Å². The van der Waals surface area contributed by atoms with Crippen molar-refractivity contribution in [1.29, 1.82) is 0 Å². The molecule has 0 saturated carbocycles. The molecule has 47 heavy (non-hydrogen) atoms. The first-order valence-corrected chi connectivity index (χ1v) is 16.6. The van der Waals surface area contributed by atoms with E-state index in [1.54, 1.807) is 0 Å². The normalized spacial score (nSPS) is 13.5. The Balaban J connectivity index is 1.29. The summed E-state index contributed by atoms with van der Waals surface area (Å²) in [5.41, 5.74) is 10.6. The Morgan fingerprint density at radius 3 is 1.36 bits per heavy atom. The number of rotatable bonds is 2. The zero-order valence-electron chi connectivity index (χ0n) is 26.5. The molecule has 0 N–H and O–H groups in total. The topological polar surface area (TPSA) is 0 Å². The minimum atomic E-state index is -0.114. The van der Waals surface area contributed by atoms with Crippen LogP contribution in [0.4, 0.5) is 0 Å². The molecule has 0 radical (unpaired) electrons. The van der Waals surface area contributed by atoms with Crippen molar-refractivity contribution in [3.63, 3.8) is 0 Å². The summed E-state index contributed by atoms with van der Waals surface area (Å²) in [5.74, 6) is 0. The van der Waals surface area contributed by atoms with E-state index in [1.165, 1.54) is 98.4 Å². The van der Waals surface area contributed by atoms with E-state index < -0.39 is 0 Å². The molecule has 1 aliphatic rings. The number of hydrogen-bond acceptors (Lipinski definition) is 0. The molecule has 0 fully saturated rings. The minimum Gasteiger partial charge on any atom is -0.0616 e. The molecule has 220 valence electrons. The van der Waals surface area contributed by atoms with Crippen molar-refractivity contribution in [2.24, 2.45) is 0 Å². The van der Waals surface area contributed by atoms with Gasteiger partial charge in [-0.05, 0) is 111 Å². The first-order valence-electron chi connectivity index (χ1n) is 16.6. The van der Waals surface area contributed by atoms with Crippen LogP contribution in [0.2, 0.25) is 0 Å². The van der Waals surface area contributed by atoms with Gasteiger partial charge in [-0.3, -0.25) is 0 Å². The third-order valence-electron chi connectivity index (χ3n) is 10.8. The summed E-state index contributed by atoms with van der Waals surface area (Å²) in [6.45, 7) is 4.81. The highest BCUT2D eigenvalue weighted by molar-refractivity contribution is 6.23. The third kappa shape index (κ3) is 3.64. The van der Waals surface area contributed by atoms with E-state index in [0.717, 1.165) is 0 Å². The van der Waals surface area contributed by atoms with Crippen LogP contribution in [-0.4, -0.2) is 0 Å². The predicted octanol–water partition coefficient (Wildman–Crippen LogP) is 13.1. The Labute approximate surface area is 274 Å². The fourth-order valence-electron chi connectivity index (χ4n) is 8.75. The molecule has 1 aliphatic carbocycles. The van der Waals surface area contributed by atoms with Gasteiger partial charge in [-0.25, -0.2) is 0 Å². The second-order valence-corrected chi connectivity index (χ2v) is 13.6. The lowest BCUT2D eigenvalue weighted by atomic mass is 9.79. The van der Waals surface area contributed by atoms with Crippen LogP contribution in [0.1, 0.15) is 25.0 Å². The highest BCUT2D eigenvalue weighted by Crippen LogP contribution is 2.56. The van der Waals surface area contributed by atoms with Crippen LogP contribution in [0.15, 0.2) is 158 Å². The summed E-state index contributed by atoms with van der Waals surface area (Å²) in [7, 11) is 0. The summed E-state index contributed by atoms with van der Waals surface area (Å²) < 4.78 is 0. The molecule has 0 heterocycles.